The van der Waals surface area contributed by atoms with Gasteiger partial charge < -0.3 is 10.2 Å². The van der Waals surface area contributed by atoms with Gasteiger partial charge in [-0.2, -0.15) is 0 Å². The molecule has 1 aliphatic rings. The Morgan fingerprint density at radius 3 is 2.61 bits per heavy atom. The lowest BCUT2D eigenvalue weighted by molar-refractivity contribution is 0.102. The molecule has 120 valence electrons. The Kier molecular flexibility index (Phi) is 4.91. The lowest BCUT2D eigenvalue weighted by Gasteiger charge is -2.30. The van der Waals surface area contributed by atoms with Crippen LogP contribution in [0.1, 0.15) is 30.3 Å². The van der Waals surface area contributed by atoms with Crippen LogP contribution in [0.5, 0.6) is 0 Å². The van der Waals surface area contributed by atoms with Crippen molar-refractivity contribution < 1.29 is 4.79 Å². The first-order valence-corrected chi connectivity index (χ1v) is 8.55. The van der Waals surface area contributed by atoms with Crippen molar-refractivity contribution >= 4 is 33.3 Å². The highest BCUT2D eigenvalue weighted by molar-refractivity contribution is 9.10. The van der Waals surface area contributed by atoms with E-state index in [2.05, 4.69) is 43.0 Å². The number of halogens is 1. The summed E-state index contributed by atoms with van der Waals surface area (Å²) >= 11 is 3.41. The van der Waals surface area contributed by atoms with Crippen molar-refractivity contribution in [3.05, 3.63) is 46.8 Å². The second-order valence-electron chi connectivity index (χ2n) is 5.86. The Labute approximate surface area is 144 Å². The number of carbonyl (C=O) groups is 1. The molecule has 1 fully saturated rings. The molecule has 2 aromatic rings. The third kappa shape index (κ3) is 3.88. The highest BCUT2D eigenvalue weighted by Gasteiger charge is 2.18. The van der Waals surface area contributed by atoms with Crippen LogP contribution in [0.25, 0.3) is 0 Å². The number of piperidine rings is 1. The van der Waals surface area contributed by atoms with Gasteiger partial charge in [-0.25, -0.2) is 9.97 Å². The number of amides is 1. The maximum Gasteiger partial charge on any atom is 0.275 e. The number of nitrogens with zero attached hydrogens (tertiary/aromatic N) is 3. The molecule has 1 amide bonds. The van der Waals surface area contributed by atoms with Crippen molar-refractivity contribution in [2.75, 3.05) is 23.3 Å². The van der Waals surface area contributed by atoms with Crippen molar-refractivity contribution in [2.24, 2.45) is 5.92 Å². The fraction of sp³-hybridized carbons (Fsp3) is 0.353. The van der Waals surface area contributed by atoms with Gasteiger partial charge in [0.15, 0.2) is 0 Å². The smallest absolute Gasteiger partial charge is 0.275 e. The van der Waals surface area contributed by atoms with E-state index in [9.17, 15) is 4.79 Å². The second kappa shape index (κ2) is 7.08. The largest absolute Gasteiger partial charge is 0.355 e. The van der Waals surface area contributed by atoms with Crippen LogP contribution in [0.4, 0.5) is 11.5 Å². The van der Waals surface area contributed by atoms with Gasteiger partial charge in [-0.1, -0.05) is 19.1 Å². The predicted molar refractivity (Wildman–Crippen MR) is 94.7 cm³/mol. The Hall–Kier alpha value is -1.95. The van der Waals surface area contributed by atoms with E-state index in [0.717, 1.165) is 29.3 Å². The summed E-state index contributed by atoms with van der Waals surface area (Å²) in [5.41, 5.74) is 1.03. The minimum absolute atomic E-state index is 0.261. The molecule has 1 aromatic heterocycles. The first kappa shape index (κ1) is 15.9. The fourth-order valence-electron chi connectivity index (χ4n) is 2.59. The molecule has 3 rings (SSSR count). The van der Waals surface area contributed by atoms with Crippen LogP contribution in [-0.4, -0.2) is 29.0 Å². The van der Waals surface area contributed by atoms with E-state index >= 15 is 0 Å². The van der Waals surface area contributed by atoms with Gasteiger partial charge in [-0.3, -0.25) is 4.79 Å². The summed E-state index contributed by atoms with van der Waals surface area (Å²) in [6.07, 6.45) is 5.57. The van der Waals surface area contributed by atoms with E-state index in [1.54, 1.807) is 12.4 Å². The summed E-state index contributed by atoms with van der Waals surface area (Å²) < 4.78 is 0.834. The zero-order valence-corrected chi connectivity index (χ0v) is 14.6. The number of hydrogen-bond donors (Lipinski definition) is 1. The summed E-state index contributed by atoms with van der Waals surface area (Å²) in [5, 5.41) is 2.83. The topological polar surface area (TPSA) is 58.1 Å². The average Bonchev–Trinajstić information content (AvgIpc) is 2.58. The lowest BCUT2D eigenvalue weighted by Crippen LogP contribution is -2.33. The molecule has 6 heteroatoms. The van der Waals surface area contributed by atoms with Gasteiger partial charge in [0.25, 0.3) is 5.91 Å². The van der Waals surface area contributed by atoms with Crippen molar-refractivity contribution in [3.8, 4) is 0 Å². The number of aromatic nitrogens is 2. The summed E-state index contributed by atoms with van der Waals surface area (Å²) in [6.45, 7) is 4.27. The van der Waals surface area contributed by atoms with Crippen LogP contribution in [0, 0.1) is 5.92 Å². The van der Waals surface area contributed by atoms with E-state index in [0.29, 0.717) is 11.4 Å². The first-order chi connectivity index (χ1) is 11.1. The van der Waals surface area contributed by atoms with E-state index in [4.69, 9.17) is 0 Å². The molecule has 1 N–H and O–H groups in total. The van der Waals surface area contributed by atoms with Crippen LogP contribution in [0.15, 0.2) is 41.1 Å². The first-order valence-electron chi connectivity index (χ1n) is 7.76. The molecule has 1 saturated heterocycles. The maximum absolute atomic E-state index is 12.2. The zero-order chi connectivity index (χ0) is 16.2. The van der Waals surface area contributed by atoms with Gasteiger partial charge in [-0.15, -0.1) is 0 Å². The fourth-order valence-corrected chi connectivity index (χ4v) is 2.97. The molecule has 0 aliphatic carbocycles. The molecule has 0 bridgehead atoms. The summed E-state index contributed by atoms with van der Waals surface area (Å²) in [5.74, 6) is 1.35. The standard InChI is InChI=1S/C17H19BrN4O/c1-12-6-8-22(9-7-12)16-11-19-15(10-20-16)17(23)21-14-5-3-2-4-13(14)18/h2-5,10-12H,6-9H2,1H3,(H,21,23). The number of anilines is 2. The van der Waals surface area contributed by atoms with Crippen molar-refractivity contribution in [3.63, 3.8) is 0 Å². The predicted octanol–water partition coefficient (Wildman–Crippen LogP) is 3.73. The number of hydrogen-bond acceptors (Lipinski definition) is 4. The minimum atomic E-state index is -0.261. The average molecular weight is 375 g/mol. The van der Waals surface area contributed by atoms with Crippen molar-refractivity contribution in [2.45, 2.75) is 19.8 Å². The molecule has 1 aliphatic heterocycles. The number of nitrogens with one attached hydrogen (secondary N) is 1. The Bertz CT molecular complexity index is 681. The third-order valence-electron chi connectivity index (χ3n) is 4.10. The molecule has 5 nitrogen and oxygen atoms in total. The number of para-hydroxylation sites is 1. The normalized spacial score (nSPS) is 15.5. The third-order valence-corrected chi connectivity index (χ3v) is 4.79. The second-order valence-corrected chi connectivity index (χ2v) is 6.72. The summed E-state index contributed by atoms with van der Waals surface area (Å²) in [6, 6.07) is 7.47. The van der Waals surface area contributed by atoms with E-state index in [-0.39, 0.29) is 5.91 Å². The number of carbonyl (C=O) groups excluding carboxylic acids is 1. The molecular formula is C17H19BrN4O. The highest BCUT2D eigenvalue weighted by Crippen LogP contribution is 2.22. The van der Waals surface area contributed by atoms with Crippen LogP contribution in [0.2, 0.25) is 0 Å². The summed E-state index contributed by atoms with van der Waals surface area (Å²) in [4.78, 5) is 23.1. The van der Waals surface area contributed by atoms with Crippen LogP contribution in [0.3, 0.4) is 0 Å². The van der Waals surface area contributed by atoms with E-state index in [1.807, 2.05) is 24.3 Å². The van der Waals surface area contributed by atoms with Gasteiger partial charge >= 0.3 is 0 Å². The molecular weight excluding hydrogens is 356 g/mol. The van der Waals surface area contributed by atoms with Crippen LogP contribution in [-0.2, 0) is 0 Å². The SMILES string of the molecule is CC1CCN(c2cnc(C(=O)Nc3ccccc3Br)cn2)CC1. The Morgan fingerprint density at radius 2 is 1.96 bits per heavy atom. The zero-order valence-electron chi connectivity index (χ0n) is 13.0. The molecule has 1 aromatic carbocycles. The number of rotatable bonds is 3. The Morgan fingerprint density at radius 1 is 1.22 bits per heavy atom. The molecule has 0 radical (unpaired) electrons. The van der Waals surface area contributed by atoms with Gasteiger partial charge in [0.05, 0.1) is 18.1 Å². The Balaban J connectivity index is 1.67. The van der Waals surface area contributed by atoms with Gasteiger partial charge in [0.2, 0.25) is 0 Å². The van der Waals surface area contributed by atoms with Crippen molar-refractivity contribution in [1.82, 2.24) is 9.97 Å². The van der Waals surface area contributed by atoms with Gasteiger partial charge in [-0.05, 0) is 46.8 Å². The summed E-state index contributed by atoms with van der Waals surface area (Å²) in [7, 11) is 0. The lowest BCUT2D eigenvalue weighted by atomic mass is 9.99. The van der Waals surface area contributed by atoms with Crippen LogP contribution >= 0.6 is 15.9 Å². The molecule has 0 spiro atoms. The van der Waals surface area contributed by atoms with Crippen molar-refractivity contribution in [1.29, 1.82) is 0 Å². The quantitative estimate of drug-likeness (QED) is 0.888. The molecule has 2 heterocycles. The molecule has 0 saturated carbocycles. The monoisotopic (exact) mass is 374 g/mol. The molecule has 0 unspecified atom stereocenters. The minimum Gasteiger partial charge on any atom is -0.355 e. The van der Waals surface area contributed by atoms with E-state index in [1.165, 1.54) is 12.8 Å². The van der Waals surface area contributed by atoms with Gasteiger partial charge in [0, 0.05) is 17.6 Å². The highest BCUT2D eigenvalue weighted by atomic mass is 79.9. The number of benzene rings is 1. The van der Waals surface area contributed by atoms with Gasteiger partial charge in [0.1, 0.15) is 11.5 Å². The molecule has 23 heavy (non-hydrogen) atoms. The molecule has 0 atom stereocenters. The maximum atomic E-state index is 12.2. The van der Waals surface area contributed by atoms with Crippen LogP contribution < -0.4 is 10.2 Å². The van der Waals surface area contributed by atoms with E-state index < -0.39 is 0 Å².